The molecule has 1 atom stereocenters. The molecule has 1 aliphatic rings. The molecule has 7 nitrogen and oxygen atoms in total. The predicted octanol–water partition coefficient (Wildman–Crippen LogP) is 2.21. The van der Waals surface area contributed by atoms with E-state index in [9.17, 15) is 0 Å². The third-order valence-electron chi connectivity index (χ3n) is 3.67. The van der Waals surface area contributed by atoms with Crippen molar-refractivity contribution in [1.82, 2.24) is 25.1 Å². The van der Waals surface area contributed by atoms with E-state index in [2.05, 4.69) is 30.5 Å². The molecule has 1 fully saturated rings. The number of H-pyrrole nitrogens is 1. The number of benzene rings is 1. The van der Waals surface area contributed by atoms with Crippen LogP contribution in [0.3, 0.4) is 0 Å². The van der Waals surface area contributed by atoms with Gasteiger partial charge in [0, 0.05) is 18.2 Å². The Morgan fingerprint density at radius 3 is 3.14 bits per heavy atom. The summed E-state index contributed by atoms with van der Waals surface area (Å²) < 4.78 is 5.57. The Labute approximate surface area is 127 Å². The van der Waals surface area contributed by atoms with Crippen molar-refractivity contribution in [1.29, 1.82) is 0 Å². The second-order valence-corrected chi connectivity index (χ2v) is 5.25. The van der Waals surface area contributed by atoms with Gasteiger partial charge in [-0.3, -0.25) is 5.10 Å². The Morgan fingerprint density at radius 1 is 1.27 bits per heavy atom. The van der Waals surface area contributed by atoms with E-state index in [4.69, 9.17) is 4.74 Å². The lowest BCUT2D eigenvalue weighted by molar-refractivity contribution is 0.105. The first-order valence-electron chi connectivity index (χ1n) is 7.37. The number of para-hydroxylation sites is 1. The highest BCUT2D eigenvalue weighted by atomic mass is 16.5. The molecule has 22 heavy (non-hydrogen) atoms. The van der Waals surface area contributed by atoms with Crippen LogP contribution < -0.4 is 5.32 Å². The van der Waals surface area contributed by atoms with Gasteiger partial charge in [-0.25, -0.2) is 15.0 Å². The van der Waals surface area contributed by atoms with Crippen molar-refractivity contribution in [2.75, 3.05) is 11.9 Å². The molecule has 2 aromatic heterocycles. The Bertz CT molecular complexity index is 780. The predicted molar refractivity (Wildman–Crippen MR) is 81.2 cm³/mol. The monoisotopic (exact) mass is 296 g/mol. The number of rotatable bonds is 4. The summed E-state index contributed by atoms with van der Waals surface area (Å²) in [7, 11) is 0. The van der Waals surface area contributed by atoms with E-state index < -0.39 is 0 Å². The standard InChI is InChI=1S/C15H16N6O/c1-2-5-11-10(4-1)8-16-15(18-11)17-9-13-19-14(21-20-13)12-6-3-7-22-12/h1-2,4-5,8,12H,3,6-7,9H2,(H,16,17,18)(H,19,20,21). The van der Waals surface area contributed by atoms with Crippen molar-refractivity contribution in [3.05, 3.63) is 42.1 Å². The van der Waals surface area contributed by atoms with E-state index in [0.717, 1.165) is 42.0 Å². The van der Waals surface area contributed by atoms with Gasteiger partial charge in [0.05, 0.1) is 12.1 Å². The Hall–Kier alpha value is -2.54. The molecule has 4 rings (SSSR count). The zero-order valence-corrected chi connectivity index (χ0v) is 12.0. The van der Waals surface area contributed by atoms with Crippen LogP contribution in [0.15, 0.2) is 30.5 Å². The van der Waals surface area contributed by atoms with Crippen LogP contribution in [0, 0.1) is 0 Å². The van der Waals surface area contributed by atoms with Gasteiger partial charge in [0.1, 0.15) is 11.9 Å². The molecule has 112 valence electrons. The molecule has 3 heterocycles. The number of hydrogen-bond donors (Lipinski definition) is 2. The van der Waals surface area contributed by atoms with Gasteiger partial charge >= 0.3 is 0 Å². The van der Waals surface area contributed by atoms with Gasteiger partial charge in [-0.2, -0.15) is 5.10 Å². The Morgan fingerprint density at radius 2 is 2.23 bits per heavy atom. The molecule has 1 aromatic carbocycles. The van der Waals surface area contributed by atoms with Crippen molar-refractivity contribution < 1.29 is 4.74 Å². The molecule has 0 amide bonds. The summed E-state index contributed by atoms with van der Waals surface area (Å²) >= 11 is 0. The smallest absolute Gasteiger partial charge is 0.223 e. The average Bonchev–Trinajstić information content (AvgIpc) is 3.24. The highest BCUT2D eigenvalue weighted by Gasteiger charge is 2.21. The van der Waals surface area contributed by atoms with Crippen molar-refractivity contribution in [2.24, 2.45) is 0 Å². The summed E-state index contributed by atoms with van der Waals surface area (Å²) in [6, 6.07) is 7.89. The van der Waals surface area contributed by atoms with Crippen LogP contribution in [-0.2, 0) is 11.3 Å². The zero-order chi connectivity index (χ0) is 14.8. The molecular formula is C15H16N6O. The van der Waals surface area contributed by atoms with Crippen LogP contribution in [-0.4, -0.2) is 31.8 Å². The fourth-order valence-electron chi connectivity index (χ4n) is 2.53. The molecule has 7 heteroatoms. The third kappa shape index (κ3) is 2.62. The number of aromatic amines is 1. The molecule has 0 spiro atoms. The van der Waals surface area contributed by atoms with E-state index in [1.165, 1.54) is 0 Å². The number of anilines is 1. The van der Waals surface area contributed by atoms with Crippen LogP contribution >= 0.6 is 0 Å². The normalized spacial score (nSPS) is 17.9. The van der Waals surface area contributed by atoms with Crippen molar-refractivity contribution in [3.63, 3.8) is 0 Å². The van der Waals surface area contributed by atoms with Crippen LogP contribution in [0.1, 0.15) is 30.6 Å². The zero-order valence-electron chi connectivity index (χ0n) is 12.0. The third-order valence-corrected chi connectivity index (χ3v) is 3.67. The van der Waals surface area contributed by atoms with E-state index in [1.54, 1.807) is 0 Å². The van der Waals surface area contributed by atoms with Gasteiger partial charge in [0.15, 0.2) is 5.82 Å². The van der Waals surface area contributed by atoms with E-state index in [-0.39, 0.29) is 6.10 Å². The number of ether oxygens (including phenoxy) is 1. The maximum absolute atomic E-state index is 5.57. The second kappa shape index (κ2) is 5.69. The molecule has 1 saturated heterocycles. The fraction of sp³-hybridized carbons (Fsp3) is 0.333. The first-order chi connectivity index (χ1) is 10.9. The maximum Gasteiger partial charge on any atom is 0.223 e. The molecule has 3 aromatic rings. The summed E-state index contributed by atoms with van der Waals surface area (Å²) in [5.74, 6) is 2.06. The van der Waals surface area contributed by atoms with Gasteiger partial charge < -0.3 is 10.1 Å². The molecular weight excluding hydrogens is 280 g/mol. The van der Waals surface area contributed by atoms with Crippen LogP contribution in [0.2, 0.25) is 0 Å². The first-order valence-corrected chi connectivity index (χ1v) is 7.37. The lowest BCUT2D eigenvalue weighted by Gasteiger charge is -2.04. The topological polar surface area (TPSA) is 88.6 Å². The fourth-order valence-corrected chi connectivity index (χ4v) is 2.53. The van der Waals surface area contributed by atoms with Gasteiger partial charge in [0.2, 0.25) is 5.95 Å². The summed E-state index contributed by atoms with van der Waals surface area (Å²) in [5.41, 5.74) is 0.914. The van der Waals surface area contributed by atoms with E-state index in [0.29, 0.717) is 12.5 Å². The molecule has 0 saturated carbocycles. The van der Waals surface area contributed by atoms with Crippen LogP contribution in [0.25, 0.3) is 10.9 Å². The van der Waals surface area contributed by atoms with Gasteiger partial charge in [0.25, 0.3) is 0 Å². The van der Waals surface area contributed by atoms with E-state index >= 15 is 0 Å². The van der Waals surface area contributed by atoms with Crippen LogP contribution in [0.4, 0.5) is 5.95 Å². The SMILES string of the molecule is c1ccc2nc(NCc3nc(C4CCCO4)n[nH]3)ncc2c1. The highest BCUT2D eigenvalue weighted by Crippen LogP contribution is 2.25. The minimum Gasteiger partial charge on any atom is -0.370 e. The molecule has 2 N–H and O–H groups in total. The average molecular weight is 296 g/mol. The second-order valence-electron chi connectivity index (χ2n) is 5.25. The van der Waals surface area contributed by atoms with Gasteiger partial charge in [-0.1, -0.05) is 18.2 Å². The number of nitrogens with zero attached hydrogens (tertiary/aromatic N) is 4. The Kier molecular flexibility index (Phi) is 3.40. The van der Waals surface area contributed by atoms with Gasteiger partial charge in [-0.15, -0.1) is 0 Å². The number of nitrogens with one attached hydrogen (secondary N) is 2. The minimum atomic E-state index is 0.0296. The molecule has 0 aliphatic carbocycles. The van der Waals surface area contributed by atoms with Crippen molar-refractivity contribution >= 4 is 16.9 Å². The highest BCUT2D eigenvalue weighted by molar-refractivity contribution is 5.78. The van der Waals surface area contributed by atoms with Gasteiger partial charge in [-0.05, 0) is 18.9 Å². The molecule has 0 radical (unpaired) electrons. The molecule has 1 unspecified atom stereocenters. The molecule has 0 bridgehead atoms. The van der Waals surface area contributed by atoms with E-state index in [1.807, 2.05) is 30.5 Å². The number of fused-ring (bicyclic) bond motifs is 1. The lowest BCUT2D eigenvalue weighted by Crippen LogP contribution is -2.05. The minimum absolute atomic E-state index is 0.0296. The van der Waals surface area contributed by atoms with Crippen LogP contribution in [0.5, 0.6) is 0 Å². The van der Waals surface area contributed by atoms with Crippen molar-refractivity contribution in [3.8, 4) is 0 Å². The summed E-state index contributed by atoms with van der Waals surface area (Å²) in [5, 5.41) is 11.3. The summed E-state index contributed by atoms with van der Waals surface area (Å²) in [4.78, 5) is 13.2. The quantitative estimate of drug-likeness (QED) is 0.767. The largest absolute Gasteiger partial charge is 0.370 e. The lowest BCUT2D eigenvalue weighted by atomic mass is 10.2. The summed E-state index contributed by atoms with van der Waals surface area (Å²) in [6.07, 6.45) is 3.89. The Balaban J connectivity index is 1.44. The molecule has 1 aliphatic heterocycles. The maximum atomic E-state index is 5.57. The number of aromatic nitrogens is 5. The summed E-state index contributed by atoms with van der Waals surface area (Å²) in [6.45, 7) is 1.29. The van der Waals surface area contributed by atoms with Crippen molar-refractivity contribution in [2.45, 2.75) is 25.5 Å². The first kappa shape index (κ1) is 13.1. The number of hydrogen-bond acceptors (Lipinski definition) is 6.